The van der Waals surface area contributed by atoms with Gasteiger partial charge in [-0.25, -0.2) is 0 Å². The van der Waals surface area contributed by atoms with Gasteiger partial charge in [0, 0.05) is 0 Å². The molecule has 0 bridgehead atoms. The molecule has 0 heterocycles. The lowest BCUT2D eigenvalue weighted by Gasteiger charge is -2.35. The van der Waals surface area contributed by atoms with Crippen molar-refractivity contribution in [2.24, 2.45) is 35.5 Å². The van der Waals surface area contributed by atoms with Crippen LogP contribution in [0.1, 0.15) is 68.2 Å². The van der Waals surface area contributed by atoms with Gasteiger partial charge in [-0.3, -0.25) is 0 Å². The number of hydrogen-bond acceptors (Lipinski definition) is 0. The highest BCUT2D eigenvalue weighted by molar-refractivity contribution is 4.77. The van der Waals surface area contributed by atoms with E-state index in [1.54, 1.807) is 0 Å². The van der Waals surface area contributed by atoms with E-state index < -0.39 is 0 Å². The molecule has 0 fully saturated rings. The summed E-state index contributed by atoms with van der Waals surface area (Å²) in [7, 11) is 0. The van der Waals surface area contributed by atoms with Crippen molar-refractivity contribution in [1.29, 1.82) is 0 Å². The van der Waals surface area contributed by atoms with Crippen LogP contribution in [-0.4, -0.2) is 0 Å². The summed E-state index contributed by atoms with van der Waals surface area (Å²) in [6.07, 6.45) is 2.79. The van der Waals surface area contributed by atoms with Crippen molar-refractivity contribution in [3.8, 4) is 0 Å². The van der Waals surface area contributed by atoms with Gasteiger partial charge >= 0.3 is 0 Å². The monoisotopic (exact) mass is 226 g/mol. The molecule has 0 heteroatoms. The molecular formula is C16H34. The summed E-state index contributed by atoms with van der Waals surface area (Å²) in [5.74, 6) is 5.13. The summed E-state index contributed by atoms with van der Waals surface area (Å²) in [6.45, 7) is 19.1. The van der Waals surface area contributed by atoms with E-state index in [4.69, 9.17) is 0 Å². The van der Waals surface area contributed by atoms with Crippen molar-refractivity contribution in [3.63, 3.8) is 0 Å². The predicted octanol–water partition coefficient (Wildman–Crippen LogP) is 5.62. The van der Waals surface area contributed by atoms with Gasteiger partial charge in [0.2, 0.25) is 0 Å². The predicted molar refractivity (Wildman–Crippen MR) is 75.6 cm³/mol. The molecule has 0 aromatic carbocycles. The Morgan fingerprint density at radius 3 is 0.875 bits per heavy atom. The van der Waals surface area contributed by atoms with Crippen LogP contribution in [-0.2, 0) is 0 Å². The van der Waals surface area contributed by atoms with Crippen LogP contribution in [0.4, 0.5) is 0 Å². The van der Waals surface area contributed by atoms with Crippen LogP contribution in [0.2, 0.25) is 0 Å². The Balaban J connectivity index is 4.66. The molecule has 0 saturated carbocycles. The summed E-state index contributed by atoms with van der Waals surface area (Å²) in [5, 5.41) is 0. The summed E-state index contributed by atoms with van der Waals surface area (Å²) < 4.78 is 0. The highest BCUT2D eigenvalue weighted by Gasteiger charge is 2.28. The van der Waals surface area contributed by atoms with Gasteiger partial charge in [0.05, 0.1) is 0 Å². The first-order valence-electron chi connectivity index (χ1n) is 7.25. The van der Waals surface area contributed by atoms with Gasteiger partial charge in [0.25, 0.3) is 0 Å². The van der Waals surface area contributed by atoms with E-state index in [9.17, 15) is 0 Å². The molecule has 98 valence electrons. The second-order valence-corrected chi connectivity index (χ2v) is 7.07. The van der Waals surface area contributed by atoms with Crippen LogP contribution < -0.4 is 0 Å². The average molecular weight is 226 g/mol. The molecule has 0 nitrogen and oxygen atoms in total. The maximum atomic E-state index is 2.41. The quantitative estimate of drug-likeness (QED) is 0.528. The van der Waals surface area contributed by atoms with Crippen LogP contribution in [0.5, 0.6) is 0 Å². The van der Waals surface area contributed by atoms with Crippen molar-refractivity contribution >= 4 is 0 Å². The summed E-state index contributed by atoms with van der Waals surface area (Å²) in [5.41, 5.74) is 0. The van der Waals surface area contributed by atoms with Crippen LogP contribution in [0.25, 0.3) is 0 Å². The van der Waals surface area contributed by atoms with Crippen molar-refractivity contribution in [3.05, 3.63) is 0 Å². The van der Waals surface area contributed by atoms with Crippen molar-refractivity contribution < 1.29 is 0 Å². The lowest BCUT2D eigenvalue weighted by atomic mass is 9.70. The van der Waals surface area contributed by atoms with Gasteiger partial charge in [-0.1, -0.05) is 55.4 Å². The van der Waals surface area contributed by atoms with Crippen LogP contribution in [0, 0.1) is 35.5 Å². The van der Waals surface area contributed by atoms with E-state index >= 15 is 0 Å². The van der Waals surface area contributed by atoms with Crippen LogP contribution in [0.15, 0.2) is 0 Å². The van der Waals surface area contributed by atoms with Gasteiger partial charge < -0.3 is 0 Å². The lowest BCUT2D eigenvalue weighted by Crippen LogP contribution is -2.27. The maximum Gasteiger partial charge on any atom is -0.0358 e. The highest BCUT2D eigenvalue weighted by atomic mass is 14.3. The van der Waals surface area contributed by atoms with Gasteiger partial charge in [-0.15, -0.1) is 0 Å². The molecule has 0 aliphatic heterocycles. The Morgan fingerprint density at radius 1 is 0.500 bits per heavy atom. The third kappa shape index (κ3) is 5.92. The Hall–Kier alpha value is 0. The van der Waals surface area contributed by atoms with Crippen molar-refractivity contribution in [2.45, 2.75) is 68.2 Å². The molecule has 0 amide bonds. The summed E-state index contributed by atoms with van der Waals surface area (Å²) >= 11 is 0. The average Bonchev–Trinajstić information content (AvgIpc) is 2.09. The molecule has 0 aliphatic rings. The first kappa shape index (κ1) is 16.0. The van der Waals surface area contributed by atoms with Crippen LogP contribution >= 0.6 is 0 Å². The second kappa shape index (κ2) is 7.35. The summed E-state index contributed by atoms with van der Waals surface area (Å²) in [4.78, 5) is 0. The molecule has 0 aliphatic carbocycles. The Labute approximate surface area is 104 Å². The van der Waals surface area contributed by atoms with E-state index in [1.807, 2.05) is 0 Å². The third-order valence-electron chi connectivity index (χ3n) is 3.75. The molecular weight excluding hydrogens is 192 g/mol. The molecule has 0 saturated heterocycles. The molecule has 0 unspecified atom stereocenters. The molecule has 16 heavy (non-hydrogen) atoms. The zero-order valence-electron chi connectivity index (χ0n) is 12.9. The first-order valence-corrected chi connectivity index (χ1v) is 7.25. The molecule has 0 spiro atoms. The molecule has 0 aromatic heterocycles. The number of rotatable bonds is 7. The minimum Gasteiger partial charge on any atom is -0.0628 e. The largest absolute Gasteiger partial charge is 0.0628 e. The Kier molecular flexibility index (Phi) is 7.35. The zero-order chi connectivity index (χ0) is 12.9. The van der Waals surface area contributed by atoms with Crippen molar-refractivity contribution in [2.75, 3.05) is 0 Å². The normalized spacial score (nSPS) is 16.5. The van der Waals surface area contributed by atoms with Gasteiger partial charge in [-0.05, 0) is 48.3 Å². The fraction of sp³-hybridized carbons (Fsp3) is 1.00. The molecule has 2 atom stereocenters. The fourth-order valence-electron chi connectivity index (χ4n) is 2.97. The van der Waals surface area contributed by atoms with Gasteiger partial charge in [0.15, 0.2) is 0 Å². The van der Waals surface area contributed by atoms with E-state index in [2.05, 4.69) is 55.4 Å². The standard InChI is InChI=1S/C16H34/c1-11(2)9-15(13(5)6)16(14(7)8)10-12(3)4/h11-16H,9-10H2,1-8H3/t15-,16-/m0/s1. The van der Waals surface area contributed by atoms with E-state index in [-0.39, 0.29) is 0 Å². The van der Waals surface area contributed by atoms with E-state index in [1.165, 1.54) is 12.8 Å². The Bertz CT molecular complexity index is 145. The van der Waals surface area contributed by atoms with E-state index in [0.717, 1.165) is 35.5 Å². The van der Waals surface area contributed by atoms with Crippen LogP contribution in [0.3, 0.4) is 0 Å². The number of hydrogen-bond donors (Lipinski definition) is 0. The molecule has 0 rings (SSSR count). The Morgan fingerprint density at radius 2 is 0.750 bits per heavy atom. The third-order valence-corrected chi connectivity index (χ3v) is 3.75. The highest BCUT2D eigenvalue weighted by Crippen LogP contribution is 2.36. The zero-order valence-corrected chi connectivity index (χ0v) is 12.9. The van der Waals surface area contributed by atoms with Gasteiger partial charge in [-0.2, -0.15) is 0 Å². The van der Waals surface area contributed by atoms with Gasteiger partial charge in [0.1, 0.15) is 0 Å². The smallest absolute Gasteiger partial charge is 0.0358 e. The topological polar surface area (TPSA) is 0 Å². The molecule has 0 N–H and O–H groups in total. The second-order valence-electron chi connectivity index (χ2n) is 7.07. The van der Waals surface area contributed by atoms with Crippen molar-refractivity contribution in [1.82, 2.24) is 0 Å². The first-order chi connectivity index (χ1) is 7.25. The van der Waals surface area contributed by atoms with E-state index in [0.29, 0.717) is 0 Å². The maximum absolute atomic E-state index is 2.41. The SMILES string of the molecule is CC(C)C[C@@H](C(C)C)[C@@H](CC(C)C)C(C)C. The minimum atomic E-state index is 0.827. The lowest BCUT2D eigenvalue weighted by molar-refractivity contribution is 0.143. The molecule has 0 aromatic rings. The summed E-state index contributed by atoms with van der Waals surface area (Å²) in [6, 6.07) is 0. The molecule has 0 radical (unpaired) electrons. The fourth-order valence-corrected chi connectivity index (χ4v) is 2.97. The minimum absolute atomic E-state index is 0.827.